The molecule has 1 fully saturated rings. The Labute approximate surface area is 160 Å². The minimum Gasteiger partial charge on any atom is -0.343 e. The highest BCUT2D eigenvalue weighted by atomic mass is 16.6. The van der Waals surface area contributed by atoms with Crippen LogP contribution in [0.3, 0.4) is 0 Å². The number of hydrogen-bond donors (Lipinski definition) is 3. The number of non-ortho nitro benzene ring substituents is 1. The maximum atomic E-state index is 12.1. The van der Waals surface area contributed by atoms with E-state index in [1.807, 2.05) is 0 Å². The predicted octanol–water partition coefficient (Wildman–Crippen LogP) is 0.559. The lowest BCUT2D eigenvalue weighted by atomic mass is 9.98. The molecular formula is C17H21N7O4. The fraction of sp³-hybridized carbons (Fsp3) is 0.412. The summed E-state index contributed by atoms with van der Waals surface area (Å²) in [7, 11) is 1.69. The second-order valence-corrected chi connectivity index (χ2v) is 6.48. The number of anilines is 1. The molecule has 1 aliphatic rings. The Balaban J connectivity index is 1.55. The van der Waals surface area contributed by atoms with Gasteiger partial charge in [-0.25, -0.2) is 4.68 Å². The fourth-order valence-corrected chi connectivity index (χ4v) is 2.96. The van der Waals surface area contributed by atoms with Gasteiger partial charge in [-0.15, -0.1) is 0 Å². The molecule has 1 aliphatic heterocycles. The number of amides is 2. The quantitative estimate of drug-likeness (QED) is 0.485. The summed E-state index contributed by atoms with van der Waals surface area (Å²) in [5.74, 6) is 0.216. The number of nitrogens with zero attached hydrogens (tertiary/aromatic N) is 4. The van der Waals surface area contributed by atoms with Crippen molar-refractivity contribution >= 4 is 23.5 Å². The number of piperidine rings is 1. The van der Waals surface area contributed by atoms with Gasteiger partial charge in [0.2, 0.25) is 11.9 Å². The van der Waals surface area contributed by atoms with Gasteiger partial charge in [0.25, 0.3) is 11.6 Å². The van der Waals surface area contributed by atoms with Crippen molar-refractivity contribution in [3.05, 3.63) is 45.8 Å². The largest absolute Gasteiger partial charge is 0.343 e. The Bertz CT molecular complexity index is 889. The molecule has 0 aliphatic carbocycles. The van der Waals surface area contributed by atoms with E-state index in [0.29, 0.717) is 11.8 Å². The second kappa shape index (κ2) is 8.57. The van der Waals surface area contributed by atoms with Crippen LogP contribution in [0, 0.1) is 10.1 Å². The van der Waals surface area contributed by atoms with Gasteiger partial charge in [-0.1, -0.05) is 6.07 Å². The lowest BCUT2D eigenvalue weighted by molar-refractivity contribution is -0.384. The number of carbonyl (C=O) groups excluding carboxylic acids is 2. The summed E-state index contributed by atoms with van der Waals surface area (Å²) in [5.41, 5.74) is -0.0875. The third-order valence-corrected chi connectivity index (χ3v) is 4.46. The lowest BCUT2D eigenvalue weighted by Crippen LogP contribution is -2.33. The Morgan fingerprint density at radius 1 is 1.36 bits per heavy atom. The molecule has 2 amide bonds. The van der Waals surface area contributed by atoms with E-state index in [2.05, 4.69) is 26.0 Å². The number of nitro groups is 1. The summed E-state index contributed by atoms with van der Waals surface area (Å²) >= 11 is 0. The molecule has 0 radical (unpaired) electrons. The predicted molar refractivity (Wildman–Crippen MR) is 99.9 cm³/mol. The van der Waals surface area contributed by atoms with E-state index in [0.717, 1.165) is 32.0 Å². The first kappa shape index (κ1) is 19.4. The van der Waals surface area contributed by atoms with Crippen molar-refractivity contribution in [3.63, 3.8) is 0 Å². The number of nitro benzene ring substituents is 1. The van der Waals surface area contributed by atoms with Crippen LogP contribution in [0.4, 0.5) is 11.6 Å². The first-order valence-corrected chi connectivity index (χ1v) is 8.88. The van der Waals surface area contributed by atoms with Crippen LogP contribution in [-0.4, -0.2) is 51.1 Å². The molecule has 11 nitrogen and oxygen atoms in total. The van der Waals surface area contributed by atoms with Crippen LogP contribution in [0.15, 0.2) is 24.3 Å². The number of rotatable bonds is 6. The highest BCUT2D eigenvalue weighted by molar-refractivity contribution is 5.99. The molecule has 3 rings (SSSR count). The third kappa shape index (κ3) is 4.68. The average molecular weight is 387 g/mol. The smallest absolute Gasteiger partial charge is 0.270 e. The number of hydrogen-bond acceptors (Lipinski definition) is 7. The van der Waals surface area contributed by atoms with Crippen LogP contribution in [0.1, 0.15) is 34.9 Å². The van der Waals surface area contributed by atoms with Gasteiger partial charge in [0.05, 0.1) is 11.5 Å². The minimum atomic E-state index is -0.586. The van der Waals surface area contributed by atoms with Crippen molar-refractivity contribution in [1.82, 2.24) is 25.4 Å². The van der Waals surface area contributed by atoms with Crippen molar-refractivity contribution in [3.8, 4) is 0 Å². The number of aryl methyl sites for hydroxylation is 1. The molecule has 1 aromatic carbocycles. The summed E-state index contributed by atoms with van der Waals surface area (Å²) in [4.78, 5) is 38.8. The van der Waals surface area contributed by atoms with Gasteiger partial charge >= 0.3 is 0 Å². The van der Waals surface area contributed by atoms with Crippen LogP contribution >= 0.6 is 0 Å². The molecule has 11 heteroatoms. The Hall–Kier alpha value is -3.34. The van der Waals surface area contributed by atoms with Crippen molar-refractivity contribution in [1.29, 1.82) is 0 Å². The monoisotopic (exact) mass is 387 g/mol. The number of nitrogens with one attached hydrogen (secondary N) is 3. The van der Waals surface area contributed by atoms with Crippen LogP contribution < -0.4 is 16.0 Å². The molecule has 148 valence electrons. The molecule has 2 aromatic rings. The zero-order valence-corrected chi connectivity index (χ0v) is 15.3. The summed E-state index contributed by atoms with van der Waals surface area (Å²) in [6.45, 7) is 1.53. The van der Waals surface area contributed by atoms with Crippen molar-refractivity contribution in [2.24, 2.45) is 7.05 Å². The normalized spacial score (nSPS) is 14.5. The Kier molecular flexibility index (Phi) is 5.94. The zero-order chi connectivity index (χ0) is 20.1. The van der Waals surface area contributed by atoms with Crippen LogP contribution in [0.25, 0.3) is 0 Å². The minimum absolute atomic E-state index is 0.105. The molecule has 1 aromatic heterocycles. The van der Waals surface area contributed by atoms with Crippen molar-refractivity contribution < 1.29 is 14.5 Å². The standard InChI is InChI=1S/C17H21N7O4/c1-23-17(21-15(22-23)11-5-7-18-8-6-11)20-14(25)10-19-16(26)12-3-2-4-13(9-12)24(27)28/h2-4,9,11,18H,5-8,10H2,1H3,(H,19,26)(H,20,21,22,25). The average Bonchev–Trinajstić information content (AvgIpc) is 3.07. The lowest BCUT2D eigenvalue weighted by Gasteiger charge is -2.19. The SMILES string of the molecule is Cn1nc(C2CCNCC2)nc1NC(=O)CNC(=O)c1cccc([N+](=O)[O-])c1. The van der Waals surface area contributed by atoms with E-state index in [-0.39, 0.29) is 23.7 Å². The highest BCUT2D eigenvalue weighted by Gasteiger charge is 2.21. The van der Waals surface area contributed by atoms with Gasteiger partial charge in [-0.2, -0.15) is 10.1 Å². The zero-order valence-electron chi connectivity index (χ0n) is 15.3. The molecule has 0 bridgehead atoms. The van der Waals surface area contributed by atoms with Crippen LogP contribution in [0.5, 0.6) is 0 Å². The molecule has 0 atom stereocenters. The summed E-state index contributed by atoms with van der Waals surface area (Å²) in [6.07, 6.45) is 1.88. The molecule has 2 heterocycles. The molecule has 1 saturated heterocycles. The fourth-order valence-electron chi connectivity index (χ4n) is 2.96. The topological polar surface area (TPSA) is 144 Å². The Morgan fingerprint density at radius 3 is 2.82 bits per heavy atom. The van der Waals surface area contributed by atoms with Gasteiger partial charge < -0.3 is 10.6 Å². The van der Waals surface area contributed by atoms with E-state index in [1.54, 1.807) is 7.05 Å². The molecule has 3 N–H and O–H groups in total. The van der Waals surface area contributed by atoms with Gasteiger partial charge in [0.1, 0.15) is 0 Å². The Morgan fingerprint density at radius 2 is 2.11 bits per heavy atom. The van der Waals surface area contributed by atoms with Crippen molar-refractivity contribution in [2.45, 2.75) is 18.8 Å². The third-order valence-electron chi connectivity index (χ3n) is 4.46. The number of aromatic nitrogens is 3. The van der Waals surface area contributed by atoms with E-state index >= 15 is 0 Å². The summed E-state index contributed by atoms with van der Waals surface area (Å²) in [6, 6.07) is 5.29. The molecule has 28 heavy (non-hydrogen) atoms. The molecular weight excluding hydrogens is 366 g/mol. The maximum Gasteiger partial charge on any atom is 0.270 e. The van der Waals surface area contributed by atoms with E-state index in [4.69, 9.17) is 0 Å². The van der Waals surface area contributed by atoms with Crippen molar-refractivity contribution in [2.75, 3.05) is 25.0 Å². The van der Waals surface area contributed by atoms with E-state index < -0.39 is 16.7 Å². The summed E-state index contributed by atoms with van der Waals surface area (Å²) in [5, 5.41) is 23.5. The van der Waals surface area contributed by atoms with Gasteiger partial charge in [-0.3, -0.25) is 25.0 Å². The first-order chi connectivity index (χ1) is 13.4. The van der Waals surface area contributed by atoms with Gasteiger partial charge in [0, 0.05) is 30.7 Å². The van der Waals surface area contributed by atoms with Gasteiger partial charge in [0.15, 0.2) is 5.82 Å². The second-order valence-electron chi connectivity index (χ2n) is 6.48. The number of benzene rings is 1. The van der Waals surface area contributed by atoms with E-state index in [1.165, 1.54) is 22.9 Å². The highest BCUT2D eigenvalue weighted by Crippen LogP contribution is 2.23. The van der Waals surface area contributed by atoms with E-state index in [9.17, 15) is 19.7 Å². The number of carbonyl (C=O) groups is 2. The first-order valence-electron chi connectivity index (χ1n) is 8.88. The maximum absolute atomic E-state index is 12.1. The molecule has 0 unspecified atom stereocenters. The molecule has 0 spiro atoms. The van der Waals surface area contributed by atoms with Crippen LogP contribution in [-0.2, 0) is 11.8 Å². The van der Waals surface area contributed by atoms with Gasteiger partial charge in [-0.05, 0) is 32.0 Å². The summed E-state index contributed by atoms with van der Waals surface area (Å²) < 4.78 is 1.50. The molecule has 0 saturated carbocycles. The van der Waals surface area contributed by atoms with Crippen LogP contribution in [0.2, 0.25) is 0 Å².